The maximum Gasteiger partial charge on any atom is 0.210 e. The van der Waals surface area contributed by atoms with Crippen LogP contribution in [0.15, 0.2) is 60.7 Å². The van der Waals surface area contributed by atoms with Gasteiger partial charge in [0, 0.05) is 37.8 Å². The van der Waals surface area contributed by atoms with E-state index < -0.39 is 0 Å². The van der Waals surface area contributed by atoms with E-state index in [4.69, 9.17) is 9.47 Å². The largest absolute Gasteiger partial charge is 0.493 e. The van der Waals surface area contributed by atoms with Gasteiger partial charge in [-0.2, -0.15) is 0 Å². The van der Waals surface area contributed by atoms with E-state index >= 15 is 0 Å². The number of benzene rings is 3. The van der Waals surface area contributed by atoms with Crippen molar-refractivity contribution < 1.29 is 18.7 Å². The smallest absolute Gasteiger partial charge is 0.210 e. The Morgan fingerprint density at radius 2 is 1.57 bits per heavy atom. The van der Waals surface area contributed by atoms with Gasteiger partial charge in [-0.15, -0.1) is 0 Å². The van der Waals surface area contributed by atoms with Crippen molar-refractivity contribution >= 4 is 6.41 Å². The molecule has 0 radical (unpaired) electrons. The van der Waals surface area contributed by atoms with Crippen molar-refractivity contribution in [2.24, 2.45) is 0 Å². The molecule has 0 aliphatic carbocycles. The molecule has 0 saturated carbocycles. The van der Waals surface area contributed by atoms with Crippen molar-refractivity contribution in [2.75, 3.05) is 20.8 Å². The normalized spacial score (nSPS) is 16.9. The van der Waals surface area contributed by atoms with Crippen molar-refractivity contribution in [3.8, 4) is 11.5 Å². The Balaban J connectivity index is 0.000000165. The summed E-state index contributed by atoms with van der Waals surface area (Å²) < 4.78 is 24.2. The van der Waals surface area contributed by atoms with Gasteiger partial charge in [-0.25, -0.2) is 4.39 Å². The lowest BCUT2D eigenvalue weighted by Crippen LogP contribution is -2.37. The second-order valence-electron chi connectivity index (χ2n) is 9.13. The van der Waals surface area contributed by atoms with Crippen LogP contribution in [0, 0.1) is 5.82 Å². The summed E-state index contributed by atoms with van der Waals surface area (Å²) in [6.45, 7) is 5.31. The standard InChI is InChI=1S/C16H16FN.C13H17NO3/c17-16-8-4-3-7-15(16)12-18-10-9-13-5-1-2-6-14(13)11-18;1-9-4-10-5-12(16-2)13(17-3)6-11(10)7-14(9)8-15/h1-8H,9-12H2;5-6,8-9H,4,7H2,1-3H3. The number of halogens is 1. The number of hydrogen-bond donors (Lipinski definition) is 0. The van der Waals surface area contributed by atoms with Gasteiger partial charge in [0.1, 0.15) is 5.82 Å². The number of carbonyl (C=O) groups excluding carboxylic acids is 1. The Kier molecular flexibility index (Phi) is 8.03. The van der Waals surface area contributed by atoms with Gasteiger partial charge in [0.05, 0.1) is 14.2 Å². The van der Waals surface area contributed by atoms with Crippen LogP contribution in [-0.2, 0) is 37.3 Å². The molecule has 0 N–H and O–H groups in total. The Hall–Kier alpha value is -3.38. The van der Waals surface area contributed by atoms with Crippen LogP contribution in [0.3, 0.4) is 0 Å². The summed E-state index contributed by atoms with van der Waals surface area (Å²) in [7, 11) is 3.25. The molecule has 5 nitrogen and oxygen atoms in total. The minimum absolute atomic E-state index is 0.101. The van der Waals surface area contributed by atoms with Crippen LogP contribution < -0.4 is 9.47 Å². The van der Waals surface area contributed by atoms with Gasteiger partial charge < -0.3 is 14.4 Å². The number of amides is 1. The molecular weight excluding hydrogens is 443 g/mol. The lowest BCUT2D eigenvalue weighted by atomic mass is 9.94. The molecule has 5 rings (SSSR count). The van der Waals surface area contributed by atoms with Crippen LogP contribution in [0.4, 0.5) is 4.39 Å². The van der Waals surface area contributed by atoms with Crippen LogP contribution in [0.5, 0.6) is 11.5 Å². The average Bonchev–Trinajstić information content (AvgIpc) is 2.89. The fourth-order valence-corrected chi connectivity index (χ4v) is 4.79. The van der Waals surface area contributed by atoms with Gasteiger partial charge in [0.2, 0.25) is 6.41 Å². The first-order chi connectivity index (χ1) is 17.0. The first-order valence-corrected chi connectivity index (χ1v) is 12.0. The number of nitrogens with zero attached hydrogens (tertiary/aromatic N) is 2. The zero-order chi connectivity index (χ0) is 24.8. The summed E-state index contributed by atoms with van der Waals surface area (Å²) in [4.78, 5) is 15.0. The van der Waals surface area contributed by atoms with E-state index in [9.17, 15) is 9.18 Å². The van der Waals surface area contributed by atoms with Crippen molar-refractivity contribution in [3.05, 3.63) is 94.3 Å². The van der Waals surface area contributed by atoms with E-state index in [0.29, 0.717) is 18.8 Å². The maximum atomic E-state index is 13.6. The van der Waals surface area contributed by atoms with Gasteiger partial charge in [-0.1, -0.05) is 42.5 Å². The maximum absolute atomic E-state index is 13.6. The van der Waals surface area contributed by atoms with Gasteiger partial charge in [0.15, 0.2) is 11.5 Å². The number of methoxy groups -OCH3 is 2. The zero-order valence-corrected chi connectivity index (χ0v) is 20.7. The summed E-state index contributed by atoms with van der Waals surface area (Å²) in [5.41, 5.74) is 5.96. The fraction of sp³-hybridized carbons (Fsp3) is 0.345. The summed E-state index contributed by atoms with van der Waals surface area (Å²) in [5, 5.41) is 0. The molecule has 0 aromatic heterocycles. The molecular formula is C29H33FN2O3. The first-order valence-electron chi connectivity index (χ1n) is 12.0. The van der Waals surface area contributed by atoms with Gasteiger partial charge in [0.25, 0.3) is 0 Å². The SMILES string of the molecule is COc1cc2c(cc1OC)CN(C=O)C(C)C2.Fc1ccccc1CN1CCc2ccccc2C1. The average molecular weight is 477 g/mol. The van der Waals surface area contributed by atoms with Crippen LogP contribution >= 0.6 is 0 Å². The van der Waals surface area contributed by atoms with Crippen LogP contribution in [0.2, 0.25) is 0 Å². The van der Waals surface area contributed by atoms with Crippen molar-refractivity contribution in [1.82, 2.24) is 9.80 Å². The van der Waals surface area contributed by atoms with Crippen LogP contribution in [-0.4, -0.2) is 43.0 Å². The molecule has 2 aliphatic rings. The molecule has 6 heteroatoms. The van der Waals surface area contributed by atoms with Crippen molar-refractivity contribution in [2.45, 2.75) is 45.4 Å². The Morgan fingerprint density at radius 3 is 2.26 bits per heavy atom. The molecule has 2 aliphatic heterocycles. The van der Waals surface area contributed by atoms with Gasteiger partial charge >= 0.3 is 0 Å². The predicted molar refractivity (Wildman–Crippen MR) is 135 cm³/mol. The highest BCUT2D eigenvalue weighted by atomic mass is 19.1. The molecule has 3 aromatic carbocycles. The van der Waals surface area contributed by atoms with Crippen molar-refractivity contribution in [3.63, 3.8) is 0 Å². The van der Waals surface area contributed by atoms with Crippen LogP contribution in [0.25, 0.3) is 0 Å². The molecule has 1 unspecified atom stereocenters. The highest BCUT2D eigenvalue weighted by Crippen LogP contribution is 2.34. The van der Waals surface area contributed by atoms with E-state index in [2.05, 4.69) is 29.2 Å². The summed E-state index contributed by atoms with van der Waals surface area (Å²) in [6, 6.07) is 19.8. The molecule has 3 aromatic rings. The Bertz CT molecular complexity index is 1170. The van der Waals surface area contributed by atoms with Gasteiger partial charge in [-0.3, -0.25) is 9.69 Å². The molecule has 0 saturated heterocycles. The summed E-state index contributed by atoms with van der Waals surface area (Å²) in [5.74, 6) is 1.36. The molecule has 184 valence electrons. The number of carbonyl (C=O) groups is 1. The topological polar surface area (TPSA) is 42.0 Å². The molecule has 2 heterocycles. The first kappa shape index (κ1) is 24.7. The van der Waals surface area contributed by atoms with Gasteiger partial charge in [-0.05, 0) is 60.2 Å². The summed E-state index contributed by atoms with van der Waals surface area (Å²) >= 11 is 0. The second kappa shape index (κ2) is 11.4. The Morgan fingerprint density at radius 1 is 0.914 bits per heavy atom. The minimum Gasteiger partial charge on any atom is -0.493 e. The highest BCUT2D eigenvalue weighted by Gasteiger charge is 2.23. The molecule has 1 atom stereocenters. The van der Waals surface area contributed by atoms with E-state index in [1.54, 1.807) is 25.2 Å². The number of ether oxygens (including phenoxy) is 2. The van der Waals surface area contributed by atoms with Crippen LogP contribution in [0.1, 0.15) is 34.7 Å². The number of hydrogen-bond acceptors (Lipinski definition) is 4. The highest BCUT2D eigenvalue weighted by molar-refractivity contribution is 5.53. The van der Waals surface area contributed by atoms with E-state index in [1.165, 1.54) is 22.8 Å². The lowest BCUT2D eigenvalue weighted by Gasteiger charge is -2.32. The summed E-state index contributed by atoms with van der Waals surface area (Å²) in [6.07, 6.45) is 2.82. The quantitative estimate of drug-likeness (QED) is 0.487. The third-order valence-electron chi connectivity index (χ3n) is 6.84. The van der Waals surface area contributed by atoms with E-state index in [0.717, 1.165) is 49.2 Å². The monoisotopic (exact) mass is 476 g/mol. The zero-order valence-electron chi connectivity index (χ0n) is 20.7. The molecule has 0 spiro atoms. The lowest BCUT2D eigenvalue weighted by molar-refractivity contribution is -0.120. The molecule has 0 bridgehead atoms. The number of fused-ring (bicyclic) bond motifs is 2. The second-order valence-corrected chi connectivity index (χ2v) is 9.13. The van der Waals surface area contributed by atoms with E-state index in [-0.39, 0.29) is 11.9 Å². The molecule has 1 amide bonds. The van der Waals surface area contributed by atoms with Crippen molar-refractivity contribution in [1.29, 1.82) is 0 Å². The third-order valence-corrected chi connectivity index (χ3v) is 6.84. The third kappa shape index (κ3) is 5.82. The molecule has 0 fully saturated rings. The van der Waals surface area contributed by atoms with E-state index in [1.807, 2.05) is 31.2 Å². The predicted octanol–water partition coefficient (Wildman–Crippen LogP) is 4.99. The molecule has 35 heavy (non-hydrogen) atoms. The Labute approximate surface area is 207 Å². The fourth-order valence-electron chi connectivity index (χ4n) is 4.79. The minimum atomic E-state index is -0.101. The number of rotatable bonds is 5.